The Morgan fingerprint density at radius 2 is 1.94 bits per heavy atom. The van der Waals surface area contributed by atoms with Gasteiger partial charge in [-0.1, -0.05) is 0 Å². The SMILES string of the molecule is COCCN(CCCCN)CCC(=O)OC. The minimum Gasteiger partial charge on any atom is -0.469 e. The molecule has 0 radical (unpaired) electrons. The predicted octanol–water partition coefficient (Wildman–Crippen LogP) is 0.237. The smallest absolute Gasteiger partial charge is 0.306 e. The number of hydrogen-bond acceptors (Lipinski definition) is 5. The molecule has 0 atom stereocenters. The van der Waals surface area contributed by atoms with Crippen LogP contribution in [0.3, 0.4) is 0 Å². The van der Waals surface area contributed by atoms with E-state index in [1.807, 2.05) is 0 Å². The number of methoxy groups -OCH3 is 2. The van der Waals surface area contributed by atoms with Crippen molar-refractivity contribution >= 4 is 5.97 Å². The van der Waals surface area contributed by atoms with E-state index in [-0.39, 0.29) is 5.97 Å². The van der Waals surface area contributed by atoms with Gasteiger partial charge in [-0.25, -0.2) is 0 Å². The molecule has 0 aromatic heterocycles. The lowest BCUT2D eigenvalue weighted by atomic mass is 10.2. The van der Waals surface area contributed by atoms with E-state index in [4.69, 9.17) is 10.5 Å². The van der Waals surface area contributed by atoms with E-state index in [0.29, 0.717) is 13.0 Å². The maximum atomic E-state index is 11.0. The Bertz CT molecular complexity index is 177. The molecule has 0 aromatic carbocycles. The van der Waals surface area contributed by atoms with Crippen LogP contribution in [-0.2, 0) is 14.3 Å². The van der Waals surface area contributed by atoms with Gasteiger partial charge in [-0.15, -0.1) is 0 Å². The molecule has 0 fully saturated rings. The Hall–Kier alpha value is -0.650. The molecule has 0 unspecified atom stereocenters. The molecule has 0 amide bonds. The van der Waals surface area contributed by atoms with Gasteiger partial charge in [0.1, 0.15) is 0 Å². The van der Waals surface area contributed by atoms with Crippen LogP contribution in [-0.4, -0.2) is 57.9 Å². The Kier molecular flexibility index (Phi) is 10.4. The van der Waals surface area contributed by atoms with Gasteiger partial charge in [-0.05, 0) is 25.9 Å². The minimum atomic E-state index is -0.166. The summed E-state index contributed by atoms with van der Waals surface area (Å²) in [4.78, 5) is 13.2. The quantitative estimate of drug-likeness (QED) is 0.432. The van der Waals surface area contributed by atoms with Crippen molar-refractivity contribution in [1.29, 1.82) is 0 Å². The van der Waals surface area contributed by atoms with Crippen LogP contribution in [0.1, 0.15) is 19.3 Å². The molecule has 96 valence electrons. The molecular weight excluding hydrogens is 208 g/mol. The number of hydrogen-bond donors (Lipinski definition) is 1. The summed E-state index contributed by atoms with van der Waals surface area (Å²) < 4.78 is 9.64. The molecule has 0 rings (SSSR count). The standard InChI is InChI=1S/C11H24N2O3/c1-15-10-9-13(7-4-3-6-12)8-5-11(14)16-2/h3-10,12H2,1-2H3. The van der Waals surface area contributed by atoms with Crippen LogP contribution in [0, 0.1) is 0 Å². The third-order valence-electron chi connectivity index (χ3n) is 2.40. The van der Waals surface area contributed by atoms with E-state index in [2.05, 4.69) is 9.64 Å². The zero-order valence-corrected chi connectivity index (χ0v) is 10.4. The molecule has 0 aliphatic carbocycles. The molecule has 0 aromatic rings. The van der Waals surface area contributed by atoms with Crippen molar-refractivity contribution in [3.05, 3.63) is 0 Å². The average molecular weight is 232 g/mol. The van der Waals surface area contributed by atoms with Gasteiger partial charge in [0.15, 0.2) is 0 Å². The minimum absolute atomic E-state index is 0.166. The molecule has 0 bridgehead atoms. The summed E-state index contributed by atoms with van der Waals surface area (Å²) in [6.45, 7) is 3.93. The van der Waals surface area contributed by atoms with Crippen molar-refractivity contribution in [3.63, 3.8) is 0 Å². The van der Waals surface area contributed by atoms with Gasteiger partial charge in [0, 0.05) is 20.2 Å². The number of carbonyl (C=O) groups is 1. The van der Waals surface area contributed by atoms with Crippen molar-refractivity contribution in [2.24, 2.45) is 5.73 Å². The Morgan fingerprint density at radius 1 is 1.19 bits per heavy atom. The maximum absolute atomic E-state index is 11.0. The number of esters is 1. The van der Waals surface area contributed by atoms with Crippen molar-refractivity contribution in [2.75, 3.05) is 47.0 Å². The summed E-state index contributed by atoms with van der Waals surface area (Å²) in [7, 11) is 3.09. The fourth-order valence-electron chi connectivity index (χ4n) is 1.39. The van der Waals surface area contributed by atoms with Crippen LogP contribution < -0.4 is 5.73 Å². The molecule has 0 saturated heterocycles. The first-order valence-electron chi connectivity index (χ1n) is 5.72. The monoisotopic (exact) mass is 232 g/mol. The highest BCUT2D eigenvalue weighted by Crippen LogP contribution is 1.98. The van der Waals surface area contributed by atoms with E-state index < -0.39 is 0 Å². The van der Waals surface area contributed by atoms with Crippen LogP contribution in [0.2, 0.25) is 0 Å². The first kappa shape index (κ1) is 15.3. The molecule has 0 aliphatic rings. The van der Waals surface area contributed by atoms with Crippen LogP contribution in [0.15, 0.2) is 0 Å². The molecule has 5 nitrogen and oxygen atoms in total. The first-order valence-corrected chi connectivity index (χ1v) is 5.72. The number of carbonyl (C=O) groups excluding carboxylic acids is 1. The van der Waals surface area contributed by atoms with Gasteiger partial charge in [0.05, 0.1) is 20.1 Å². The van der Waals surface area contributed by atoms with Gasteiger partial charge < -0.3 is 20.1 Å². The fraction of sp³-hybridized carbons (Fsp3) is 0.909. The summed E-state index contributed by atoms with van der Waals surface area (Å²) in [5.41, 5.74) is 5.44. The Labute approximate surface area is 97.9 Å². The van der Waals surface area contributed by atoms with Crippen molar-refractivity contribution in [3.8, 4) is 0 Å². The summed E-state index contributed by atoms with van der Waals surface area (Å²) >= 11 is 0. The molecule has 0 aliphatic heterocycles. The largest absolute Gasteiger partial charge is 0.469 e. The van der Waals surface area contributed by atoms with E-state index in [1.165, 1.54) is 7.11 Å². The number of rotatable bonds is 10. The lowest BCUT2D eigenvalue weighted by Crippen LogP contribution is -2.31. The molecule has 0 spiro atoms. The Morgan fingerprint density at radius 3 is 2.50 bits per heavy atom. The van der Waals surface area contributed by atoms with E-state index >= 15 is 0 Å². The summed E-state index contributed by atoms with van der Waals surface area (Å²) in [5, 5.41) is 0. The lowest BCUT2D eigenvalue weighted by Gasteiger charge is -2.21. The van der Waals surface area contributed by atoms with Crippen molar-refractivity contribution in [1.82, 2.24) is 4.90 Å². The van der Waals surface area contributed by atoms with Crippen molar-refractivity contribution in [2.45, 2.75) is 19.3 Å². The highest BCUT2D eigenvalue weighted by molar-refractivity contribution is 5.69. The number of unbranched alkanes of at least 4 members (excludes halogenated alkanes) is 1. The zero-order valence-electron chi connectivity index (χ0n) is 10.4. The summed E-state index contributed by atoms with van der Waals surface area (Å²) in [6.07, 6.45) is 2.51. The second-order valence-electron chi connectivity index (χ2n) is 3.66. The first-order chi connectivity index (χ1) is 7.74. The van der Waals surface area contributed by atoms with Crippen LogP contribution in [0.25, 0.3) is 0 Å². The molecule has 5 heteroatoms. The summed E-state index contributed by atoms with van der Waals surface area (Å²) in [5.74, 6) is -0.166. The average Bonchev–Trinajstić information content (AvgIpc) is 2.31. The fourth-order valence-corrected chi connectivity index (χ4v) is 1.39. The second kappa shape index (κ2) is 10.9. The van der Waals surface area contributed by atoms with Crippen molar-refractivity contribution < 1.29 is 14.3 Å². The highest BCUT2D eigenvalue weighted by Gasteiger charge is 2.07. The second-order valence-corrected chi connectivity index (χ2v) is 3.66. The van der Waals surface area contributed by atoms with Gasteiger partial charge >= 0.3 is 5.97 Å². The number of nitrogens with two attached hydrogens (primary N) is 1. The predicted molar refractivity (Wildman–Crippen MR) is 63.2 cm³/mol. The highest BCUT2D eigenvalue weighted by atomic mass is 16.5. The van der Waals surface area contributed by atoms with Gasteiger partial charge in [-0.3, -0.25) is 4.79 Å². The van der Waals surface area contributed by atoms with Crippen LogP contribution in [0.5, 0.6) is 0 Å². The third kappa shape index (κ3) is 8.64. The van der Waals surface area contributed by atoms with E-state index in [1.54, 1.807) is 7.11 Å². The maximum Gasteiger partial charge on any atom is 0.306 e. The van der Waals surface area contributed by atoms with Gasteiger partial charge in [0.25, 0.3) is 0 Å². The molecule has 16 heavy (non-hydrogen) atoms. The number of nitrogens with zero attached hydrogens (tertiary/aromatic N) is 1. The van der Waals surface area contributed by atoms with Gasteiger partial charge in [-0.2, -0.15) is 0 Å². The van der Waals surface area contributed by atoms with Crippen LogP contribution >= 0.6 is 0 Å². The molecule has 0 heterocycles. The lowest BCUT2D eigenvalue weighted by molar-refractivity contribution is -0.141. The van der Waals surface area contributed by atoms with Gasteiger partial charge in [0.2, 0.25) is 0 Å². The topological polar surface area (TPSA) is 64.8 Å². The zero-order chi connectivity index (χ0) is 12.2. The van der Waals surface area contributed by atoms with Crippen LogP contribution in [0.4, 0.5) is 0 Å². The normalized spacial score (nSPS) is 10.8. The number of ether oxygens (including phenoxy) is 2. The Balaban J connectivity index is 3.75. The summed E-state index contributed by atoms with van der Waals surface area (Å²) in [6, 6.07) is 0. The third-order valence-corrected chi connectivity index (χ3v) is 2.40. The molecular formula is C11H24N2O3. The van der Waals surface area contributed by atoms with E-state index in [9.17, 15) is 4.79 Å². The van der Waals surface area contributed by atoms with E-state index in [0.717, 1.165) is 39.0 Å². The molecule has 0 saturated carbocycles. The molecule has 2 N–H and O–H groups in total.